The van der Waals surface area contributed by atoms with Crippen LogP contribution in [0.5, 0.6) is 0 Å². The van der Waals surface area contributed by atoms with E-state index in [1.54, 1.807) is 36.7 Å². The number of nitrogens with one attached hydrogen (secondary N) is 2. The number of carbonyl (C=O) groups is 2. The molecule has 0 radical (unpaired) electrons. The number of carbonyl (C=O) groups excluding carboxylic acids is 2. The van der Waals surface area contributed by atoms with Gasteiger partial charge in [-0.25, -0.2) is 4.79 Å². The van der Waals surface area contributed by atoms with Crippen LogP contribution in [0.15, 0.2) is 48.8 Å². The molecule has 0 aliphatic carbocycles. The van der Waals surface area contributed by atoms with E-state index in [-0.39, 0.29) is 11.8 Å². The number of pyridine rings is 1. The van der Waals surface area contributed by atoms with Gasteiger partial charge in [-0.05, 0) is 55.3 Å². The molecule has 1 heterocycles. The van der Waals surface area contributed by atoms with E-state index in [1.165, 1.54) is 6.92 Å². The summed E-state index contributed by atoms with van der Waals surface area (Å²) >= 11 is 0. The van der Waals surface area contributed by atoms with Gasteiger partial charge in [-0.2, -0.15) is 0 Å². The Morgan fingerprint density at radius 1 is 1.05 bits per heavy atom. The van der Waals surface area contributed by atoms with Crippen molar-refractivity contribution in [3.63, 3.8) is 0 Å². The maximum absolute atomic E-state index is 11.7. The highest BCUT2D eigenvalue weighted by Crippen LogP contribution is 2.09. The van der Waals surface area contributed by atoms with E-state index in [2.05, 4.69) is 15.6 Å². The number of urea groups is 1. The molecule has 0 aliphatic heterocycles. The second-order valence-corrected chi connectivity index (χ2v) is 4.62. The lowest BCUT2D eigenvalue weighted by atomic mass is 10.1. The van der Waals surface area contributed by atoms with E-state index in [4.69, 9.17) is 0 Å². The first-order valence-electron chi connectivity index (χ1n) is 6.70. The Kier molecular flexibility index (Phi) is 5.04. The van der Waals surface area contributed by atoms with Crippen molar-refractivity contribution in [2.75, 3.05) is 11.9 Å². The Hall–Kier alpha value is -2.69. The lowest BCUT2D eigenvalue weighted by Gasteiger charge is -2.08. The molecule has 2 aromatic rings. The van der Waals surface area contributed by atoms with Crippen LogP contribution in [-0.2, 0) is 6.42 Å². The van der Waals surface area contributed by atoms with Crippen molar-refractivity contribution in [1.29, 1.82) is 0 Å². The highest BCUT2D eigenvalue weighted by atomic mass is 16.2. The van der Waals surface area contributed by atoms with Crippen molar-refractivity contribution in [3.05, 3.63) is 59.9 Å². The number of benzene rings is 1. The van der Waals surface area contributed by atoms with Crippen LogP contribution in [0.2, 0.25) is 0 Å². The summed E-state index contributed by atoms with van der Waals surface area (Å²) in [7, 11) is 0. The summed E-state index contributed by atoms with van der Waals surface area (Å²) < 4.78 is 0. The van der Waals surface area contributed by atoms with Gasteiger partial charge in [0.2, 0.25) is 0 Å². The maximum Gasteiger partial charge on any atom is 0.319 e. The van der Waals surface area contributed by atoms with Gasteiger partial charge in [-0.1, -0.05) is 0 Å². The van der Waals surface area contributed by atoms with Crippen LogP contribution in [0.3, 0.4) is 0 Å². The molecule has 0 unspecified atom stereocenters. The van der Waals surface area contributed by atoms with Gasteiger partial charge in [0.25, 0.3) is 0 Å². The third-order valence-electron chi connectivity index (χ3n) is 3.00. The minimum absolute atomic E-state index is 0.00310. The molecule has 1 aromatic carbocycles. The second-order valence-electron chi connectivity index (χ2n) is 4.62. The molecular formula is C16H17N3O2. The Bertz CT molecular complexity index is 609. The highest BCUT2D eigenvalue weighted by molar-refractivity contribution is 5.95. The molecule has 0 saturated carbocycles. The Morgan fingerprint density at radius 2 is 1.71 bits per heavy atom. The van der Waals surface area contributed by atoms with Gasteiger partial charge in [-0.3, -0.25) is 9.78 Å². The van der Waals surface area contributed by atoms with Crippen LogP contribution in [-0.4, -0.2) is 23.3 Å². The normalized spacial score (nSPS) is 9.95. The summed E-state index contributed by atoms with van der Waals surface area (Å²) in [5, 5.41) is 5.50. The van der Waals surface area contributed by atoms with Gasteiger partial charge >= 0.3 is 6.03 Å². The van der Waals surface area contributed by atoms with Gasteiger partial charge in [0.15, 0.2) is 5.78 Å². The van der Waals surface area contributed by atoms with Crippen LogP contribution in [0.1, 0.15) is 22.8 Å². The van der Waals surface area contributed by atoms with Crippen molar-refractivity contribution < 1.29 is 9.59 Å². The molecule has 108 valence electrons. The summed E-state index contributed by atoms with van der Waals surface area (Å²) in [5.41, 5.74) is 2.40. The van der Waals surface area contributed by atoms with Crippen LogP contribution >= 0.6 is 0 Å². The Morgan fingerprint density at radius 3 is 2.33 bits per heavy atom. The van der Waals surface area contributed by atoms with Gasteiger partial charge in [0, 0.05) is 30.2 Å². The third-order valence-corrected chi connectivity index (χ3v) is 3.00. The molecule has 0 fully saturated rings. The van der Waals surface area contributed by atoms with E-state index in [9.17, 15) is 9.59 Å². The first kappa shape index (κ1) is 14.7. The third kappa shape index (κ3) is 4.72. The van der Waals surface area contributed by atoms with Crippen molar-refractivity contribution in [3.8, 4) is 0 Å². The predicted molar refractivity (Wildman–Crippen MR) is 81.4 cm³/mol. The summed E-state index contributed by atoms with van der Waals surface area (Å²) in [4.78, 5) is 26.8. The number of anilines is 1. The largest absolute Gasteiger partial charge is 0.338 e. The lowest BCUT2D eigenvalue weighted by molar-refractivity contribution is 0.101. The van der Waals surface area contributed by atoms with E-state index >= 15 is 0 Å². The quantitative estimate of drug-likeness (QED) is 0.829. The summed E-state index contributed by atoms with van der Waals surface area (Å²) in [6.45, 7) is 2.05. The number of rotatable bonds is 5. The lowest BCUT2D eigenvalue weighted by Crippen LogP contribution is -2.30. The van der Waals surface area contributed by atoms with E-state index in [0.29, 0.717) is 17.8 Å². The van der Waals surface area contributed by atoms with Gasteiger partial charge in [0.05, 0.1) is 0 Å². The molecule has 2 rings (SSSR count). The van der Waals surface area contributed by atoms with Crippen LogP contribution in [0, 0.1) is 0 Å². The zero-order chi connectivity index (χ0) is 15.1. The average Bonchev–Trinajstić information content (AvgIpc) is 2.49. The number of aromatic nitrogens is 1. The van der Waals surface area contributed by atoms with Crippen LogP contribution in [0.4, 0.5) is 10.5 Å². The fourth-order valence-corrected chi connectivity index (χ4v) is 1.83. The first-order valence-corrected chi connectivity index (χ1v) is 6.70. The molecule has 0 bridgehead atoms. The SMILES string of the molecule is CC(=O)c1ccc(NC(=O)NCCc2ccncc2)cc1. The molecule has 2 amide bonds. The van der Waals surface area contributed by atoms with Crippen molar-refractivity contribution >= 4 is 17.5 Å². The minimum Gasteiger partial charge on any atom is -0.338 e. The molecule has 5 heteroatoms. The number of nitrogens with zero attached hydrogens (tertiary/aromatic N) is 1. The molecule has 21 heavy (non-hydrogen) atoms. The number of amides is 2. The fraction of sp³-hybridized carbons (Fsp3) is 0.188. The molecule has 1 aromatic heterocycles. The Labute approximate surface area is 123 Å². The number of Topliss-reactive ketones (excluding diaryl/α,β-unsaturated/α-hetero) is 1. The molecule has 0 saturated heterocycles. The standard InChI is InChI=1S/C16H17N3O2/c1-12(20)14-2-4-15(5-3-14)19-16(21)18-11-8-13-6-9-17-10-7-13/h2-7,9-10H,8,11H2,1H3,(H2,18,19,21). The molecule has 0 spiro atoms. The van der Waals surface area contributed by atoms with Crippen molar-refractivity contribution in [1.82, 2.24) is 10.3 Å². The predicted octanol–water partition coefficient (Wildman–Crippen LogP) is 2.65. The first-order chi connectivity index (χ1) is 10.1. The van der Waals surface area contributed by atoms with E-state index < -0.39 is 0 Å². The second kappa shape index (κ2) is 7.19. The fourth-order valence-electron chi connectivity index (χ4n) is 1.83. The van der Waals surface area contributed by atoms with Crippen LogP contribution < -0.4 is 10.6 Å². The Balaban J connectivity index is 1.78. The smallest absolute Gasteiger partial charge is 0.319 e. The molecule has 2 N–H and O–H groups in total. The molecule has 5 nitrogen and oxygen atoms in total. The summed E-state index contributed by atoms with van der Waals surface area (Å²) in [6.07, 6.45) is 4.21. The van der Waals surface area contributed by atoms with E-state index in [0.717, 1.165) is 12.0 Å². The summed E-state index contributed by atoms with van der Waals surface area (Å²) in [5.74, 6) is 0.00310. The van der Waals surface area contributed by atoms with E-state index in [1.807, 2.05) is 12.1 Å². The van der Waals surface area contributed by atoms with Gasteiger partial charge < -0.3 is 10.6 Å². The topological polar surface area (TPSA) is 71.1 Å². The van der Waals surface area contributed by atoms with Crippen molar-refractivity contribution in [2.24, 2.45) is 0 Å². The number of hydrogen-bond donors (Lipinski definition) is 2. The van der Waals surface area contributed by atoms with Crippen LogP contribution in [0.25, 0.3) is 0 Å². The zero-order valence-electron chi connectivity index (χ0n) is 11.8. The molecular weight excluding hydrogens is 266 g/mol. The van der Waals surface area contributed by atoms with Gasteiger partial charge in [-0.15, -0.1) is 0 Å². The number of ketones is 1. The van der Waals surface area contributed by atoms with Gasteiger partial charge in [0.1, 0.15) is 0 Å². The highest BCUT2D eigenvalue weighted by Gasteiger charge is 2.03. The zero-order valence-corrected chi connectivity index (χ0v) is 11.8. The van der Waals surface area contributed by atoms with Crippen molar-refractivity contribution in [2.45, 2.75) is 13.3 Å². The minimum atomic E-state index is -0.264. The molecule has 0 aliphatic rings. The summed E-state index contributed by atoms with van der Waals surface area (Å²) in [6, 6.07) is 10.4. The number of hydrogen-bond acceptors (Lipinski definition) is 3. The maximum atomic E-state index is 11.7. The molecule has 0 atom stereocenters. The average molecular weight is 283 g/mol. The monoisotopic (exact) mass is 283 g/mol.